The molecule has 0 heterocycles. The number of hydrogen-bond donors (Lipinski definition) is 3. The standard InChI is InChI=1S/C59H118NO9P/c1-3-5-7-9-11-13-15-17-19-21-22-23-24-25-26-27-28-29-30-31-32-33-34-35-36-37-39-41-43-45-47-49-51-58(61)69-56(54-67-70(64,65)68-55-57(60)59(62)63)53-66-52-50-48-46-44-42-40-38-20-18-16-14-12-10-8-6-4-2/h56-57H,3-55,60H2,1-2H3,(H,62,63)(H,64,65)/t56-,57+/m1/s1. The second-order valence-electron chi connectivity index (χ2n) is 21.2. The second kappa shape index (κ2) is 55.7. The van der Waals surface area contributed by atoms with Crippen molar-refractivity contribution in [3.05, 3.63) is 0 Å². The Balaban J connectivity index is 3.88. The van der Waals surface area contributed by atoms with Crippen LogP contribution in [0.2, 0.25) is 0 Å². The summed E-state index contributed by atoms with van der Waals surface area (Å²) in [7, 11) is -4.62. The van der Waals surface area contributed by atoms with Crippen molar-refractivity contribution in [2.24, 2.45) is 5.73 Å². The average Bonchev–Trinajstić information content (AvgIpc) is 3.34. The molecule has 0 bridgehead atoms. The molecule has 418 valence electrons. The third-order valence-electron chi connectivity index (χ3n) is 14.1. The molecular formula is C59H118NO9P. The smallest absolute Gasteiger partial charge is 0.472 e. The largest absolute Gasteiger partial charge is 0.480 e. The highest BCUT2D eigenvalue weighted by molar-refractivity contribution is 7.47. The van der Waals surface area contributed by atoms with Gasteiger partial charge in [0.05, 0.1) is 19.8 Å². The van der Waals surface area contributed by atoms with Crippen molar-refractivity contribution >= 4 is 19.8 Å². The second-order valence-corrected chi connectivity index (χ2v) is 22.7. The van der Waals surface area contributed by atoms with E-state index in [0.717, 1.165) is 38.5 Å². The molecule has 0 fully saturated rings. The van der Waals surface area contributed by atoms with Crippen molar-refractivity contribution in [3.8, 4) is 0 Å². The van der Waals surface area contributed by atoms with Gasteiger partial charge in [0.15, 0.2) is 0 Å². The molecule has 0 aliphatic carbocycles. The van der Waals surface area contributed by atoms with E-state index in [1.165, 1.54) is 270 Å². The van der Waals surface area contributed by atoms with E-state index in [4.69, 9.17) is 29.4 Å². The summed E-state index contributed by atoms with van der Waals surface area (Å²) in [5.41, 5.74) is 5.39. The highest BCUT2D eigenvalue weighted by Gasteiger charge is 2.27. The van der Waals surface area contributed by atoms with E-state index in [0.29, 0.717) is 6.61 Å². The Morgan fingerprint density at radius 1 is 0.400 bits per heavy atom. The maximum Gasteiger partial charge on any atom is 0.472 e. The number of aliphatic carboxylic acids is 1. The van der Waals surface area contributed by atoms with Crippen LogP contribution in [0.1, 0.15) is 328 Å². The van der Waals surface area contributed by atoms with E-state index >= 15 is 0 Å². The molecule has 0 aromatic carbocycles. The first-order chi connectivity index (χ1) is 34.2. The lowest BCUT2D eigenvalue weighted by atomic mass is 10.0. The van der Waals surface area contributed by atoms with Gasteiger partial charge >= 0.3 is 19.8 Å². The minimum atomic E-state index is -4.62. The summed E-state index contributed by atoms with van der Waals surface area (Å²) in [6.07, 6.45) is 63.4. The number of carbonyl (C=O) groups is 2. The molecule has 10 nitrogen and oxygen atoms in total. The summed E-state index contributed by atoms with van der Waals surface area (Å²) in [5.74, 6) is -1.76. The number of carboxylic acids is 1. The Kier molecular flexibility index (Phi) is 54.9. The van der Waals surface area contributed by atoms with Gasteiger partial charge in [-0.25, -0.2) is 4.57 Å². The van der Waals surface area contributed by atoms with Gasteiger partial charge in [-0.2, -0.15) is 0 Å². The molecule has 3 atom stereocenters. The van der Waals surface area contributed by atoms with Gasteiger partial charge in [-0.05, 0) is 12.8 Å². The predicted molar refractivity (Wildman–Crippen MR) is 296 cm³/mol. The van der Waals surface area contributed by atoms with Crippen LogP contribution < -0.4 is 5.73 Å². The van der Waals surface area contributed by atoms with Crippen LogP contribution in [0, 0.1) is 0 Å². The topological polar surface area (TPSA) is 155 Å². The van der Waals surface area contributed by atoms with Gasteiger partial charge in [0, 0.05) is 13.0 Å². The summed E-state index contributed by atoms with van der Waals surface area (Å²) in [6.45, 7) is 3.98. The van der Waals surface area contributed by atoms with Crippen LogP contribution >= 0.6 is 7.82 Å². The molecule has 4 N–H and O–H groups in total. The lowest BCUT2D eigenvalue weighted by Crippen LogP contribution is -2.34. The van der Waals surface area contributed by atoms with Crippen molar-refractivity contribution in [1.82, 2.24) is 0 Å². The molecule has 0 saturated heterocycles. The van der Waals surface area contributed by atoms with Crippen LogP contribution in [-0.2, 0) is 32.7 Å². The summed E-state index contributed by atoms with van der Waals surface area (Å²) in [6, 6.07) is -1.47. The summed E-state index contributed by atoms with van der Waals surface area (Å²) >= 11 is 0. The van der Waals surface area contributed by atoms with Gasteiger partial charge in [0.1, 0.15) is 12.1 Å². The van der Waals surface area contributed by atoms with E-state index in [1.54, 1.807) is 0 Å². The Morgan fingerprint density at radius 2 is 0.657 bits per heavy atom. The van der Waals surface area contributed by atoms with E-state index in [1.807, 2.05) is 0 Å². The number of rotatable bonds is 60. The fourth-order valence-corrected chi connectivity index (χ4v) is 10.2. The average molecular weight is 1020 g/mol. The molecule has 0 aromatic rings. The van der Waals surface area contributed by atoms with E-state index in [9.17, 15) is 19.0 Å². The number of phosphoric acid groups is 1. The lowest BCUT2D eigenvalue weighted by Gasteiger charge is -2.20. The van der Waals surface area contributed by atoms with E-state index in [2.05, 4.69) is 13.8 Å². The third kappa shape index (κ3) is 54.7. The molecule has 0 saturated carbocycles. The van der Waals surface area contributed by atoms with Crippen LogP contribution in [0.4, 0.5) is 0 Å². The molecule has 0 aliphatic rings. The number of carboxylic acid groups (broad SMARTS) is 1. The molecule has 70 heavy (non-hydrogen) atoms. The number of ether oxygens (including phenoxy) is 2. The van der Waals surface area contributed by atoms with Crippen molar-refractivity contribution in [3.63, 3.8) is 0 Å². The first-order valence-electron chi connectivity index (χ1n) is 30.6. The zero-order valence-corrected chi connectivity index (χ0v) is 47.3. The Morgan fingerprint density at radius 3 is 0.943 bits per heavy atom. The van der Waals surface area contributed by atoms with E-state index in [-0.39, 0.29) is 13.0 Å². The van der Waals surface area contributed by atoms with Crippen molar-refractivity contribution in [2.45, 2.75) is 341 Å². The maximum absolute atomic E-state index is 12.7. The van der Waals surface area contributed by atoms with Crippen molar-refractivity contribution in [2.75, 3.05) is 26.4 Å². The summed E-state index contributed by atoms with van der Waals surface area (Å²) in [5, 5.41) is 8.95. The Labute approximate surface area is 433 Å². The lowest BCUT2D eigenvalue weighted by molar-refractivity contribution is -0.154. The number of nitrogens with two attached hydrogens (primary N) is 1. The zero-order chi connectivity index (χ0) is 51.1. The minimum Gasteiger partial charge on any atom is -0.480 e. The Bertz CT molecular complexity index is 1130. The SMILES string of the molecule is CCCCCCCCCCCCCCCCCCCCCCCCCCCCCCCCCCC(=O)O[C@H](COCCCCCCCCCCCCCCCCCC)COP(=O)(O)OC[C@H](N)C(=O)O. The highest BCUT2D eigenvalue weighted by atomic mass is 31.2. The van der Waals surface area contributed by atoms with Crippen LogP contribution in [0.3, 0.4) is 0 Å². The van der Waals surface area contributed by atoms with Gasteiger partial charge in [-0.15, -0.1) is 0 Å². The number of unbranched alkanes of at least 4 members (excludes halogenated alkanes) is 46. The number of phosphoric ester groups is 1. The molecule has 11 heteroatoms. The predicted octanol–water partition coefficient (Wildman–Crippen LogP) is 18.6. The third-order valence-corrected chi connectivity index (χ3v) is 15.1. The fourth-order valence-electron chi connectivity index (χ4n) is 9.43. The maximum atomic E-state index is 12.7. The van der Waals surface area contributed by atoms with Crippen molar-refractivity contribution in [1.29, 1.82) is 0 Å². The monoisotopic (exact) mass is 1020 g/mol. The first kappa shape index (κ1) is 69.0. The molecule has 0 aliphatic heterocycles. The number of esters is 1. The van der Waals surface area contributed by atoms with Gasteiger partial charge in [0.2, 0.25) is 0 Å². The summed E-state index contributed by atoms with van der Waals surface area (Å²) in [4.78, 5) is 33.8. The quantitative estimate of drug-likeness (QED) is 0.0305. The van der Waals surface area contributed by atoms with Gasteiger partial charge in [-0.1, -0.05) is 309 Å². The minimum absolute atomic E-state index is 0.0266. The normalized spacial score (nSPS) is 13.4. The Hall–Kier alpha value is -1.03. The molecular weight excluding hydrogens is 898 g/mol. The molecule has 1 unspecified atom stereocenters. The van der Waals surface area contributed by atoms with E-state index < -0.39 is 45.1 Å². The van der Waals surface area contributed by atoms with Gasteiger partial charge in [-0.3, -0.25) is 18.6 Å². The number of carbonyl (C=O) groups excluding carboxylic acids is 1. The first-order valence-corrected chi connectivity index (χ1v) is 32.1. The summed E-state index contributed by atoms with van der Waals surface area (Å²) < 4.78 is 33.6. The van der Waals surface area contributed by atoms with Crippen molar-refractivity contribution < 1.29 is 42.7 Å². The van der Waals surface area contributed by atoms with Crippen LogP contribution in [-0.4, -0.2) is 60.5 Å². The fraction of sp³-hybridized carbons (Fsp3) is 0.966. The van der Waals surface area contributed by atoms with Gasteiger partial charge < -0.3 is 25.2 Å². The molecule has 0 amide bonds. The molecule has 0 radical (unpaired) electrons. The molecule has 0 rings (SSSR count). The van der Waals surface area contributed by atoms with Crippen LogP contribution in [0.15, 0.2) is 0 Å². The zero-order valence-electron chi connectivity index (χ0n) is 46.4. The van der Waals surface area contributed by atoms with Crippen LogP contribution in [0.5, 0.6) is 0 Å². The van der Waals surface area contributed by atoms with Gasteiger partial charge in [0.25, 0.3) is 0 Å². The molecule has 0 aromatic heterocycles. The number of hydrogen-bond acceptors (Lipinski definition) is 8. The highest BCUT2D eigenvalue weighted by Crippen LogP contribution is 2.43. The van der Waals surface area contributed by atoms with Crippen LogP contribution in [0.25, 0.3) is 0 Å². The molecule has 0 spiro atoms.